The summed E-state index contributed by atoms with van der Waals surface area (Å²) >= 11 is 0. The van der Waals surface area contributed by atoms with Crippen molar-refractivity contribution < 1.29 is 9.84 Å². The summed E-state index contributed by atoms with van der Waals surface area (Å²) in [7, 11) is 1.61. The fraction of sp³-hybridized carbons (Fsp3) is 0.333. The molecule has 0 saturated heterocycles. The lowest BCUT2D eigenvalue weighted by Gasteiger charge is -2.26. The van der Waals surface area contributed by atoms with E-state index in [-0.39, 0.29) is 0 Å². The Hall–Kier alpha value is -1.74. The van der Waals surface area contributed by atoms with Crippen LogP contribution in [0.1, 0.15) is 18.6 Å². The van der Waals surface area contributed by atoms with E-state index < -0.39 is 6.10 Å². The quantitative estimate of drug-likeness (QED) is 0.752. The average Bonchev–Trinajstić information content (AvgIpc) is 2.37. The molecule has 1 atom stereocenters. The van der Waals surface area contributed by atoms with E-state index in [1.54, 1.807) is 14.0 Å². The van der Waals surface area contributed by atoms with Gasteiger partial charge in [-0.05, 0) is 19.1 Å². The van der Waals surface area contributed by atoms with Gasteiger partial charge in [0, 0.05) is 24.3 Å². The molecule has 0 spiro atoms. The maximum atomic E-state index is 9.94. The zero-order valence-electron chi connectivity index (χ0n) is 11.1. The smallest absolute Gasteiger partial charge is 0.126 e. The molecule has 0 saturated carbocycles. The summed E-state index contributed by atoms with van der Waals surface area (Å²) < 4.78 is 5.32. The summed E-state index contributed by atoms with van der Waals surface area (Å²) in [5, 5.41) is 9.94. The van der Waals surface area contributed by atoms with Gasteiger partial charge in [-0.1, -0.05) is 18.2 Å². The van der Waals surface area contributed by atoms with Crippen molar-refractivity contribution in [1.82, 2.24) is 0 Å². The summed E-state index contributed by atoms with van der Waals surface area (Å²) in [6, 6.07) is 5.74. The lowest BCUT2D eigenvalue weighted by molar-refractivity contribution is 0.194. The summed E-state index contributed by atoms with van der Waals surface area (Å²) in [6.45, 7) is 10.6. The first-order valence-electron chi connectivity index (χ1n) is 5.97. The van der Waals surface area contributed by atoms with Gasteiger partial charge in [0.1, 0.15) is 5.75 Å². The Kier molecular flexibility index (Phi) is 5.46. The molecule has 0 aliphatic carbocycles. The summed E-state index contributed by atoms with van der Waals surface area (Å²) in [6.07, 6.45) is 3.07. The topological polar surface area (TPSA) is 32.7 Å². The number of hydrogen-bond donors (Lipinski definition) is 1. The van der Waals surface area contributed by atoms with E-state index in [0.717, 1.165) is 11.3 Å². The largest absolute Gasteiger partial charge is 0.496 e. The Morgan fingerprint density at radius 1 is 1.33 bits per heavy atom. The Bertz CT molecular complexity index is 403. The first-order valence-corrected chi connectivity index (χ1v) is 5.97. The number of hydrogen-bond acceptors (Lipinski definition) is 3. The Balaban J connectivity index is 3.26. The predicted octanol–water partition coefficient (Wildman–Crippen LogP) is 2.93. The minimum Gasteiger partial charge on any atom is -0.496 e. The van der Waals surface area contributed by atoms with Crippen LogP contribution in [0, 0.1) is 0 Å². The van der Waals surface area contributed by atoms with Crippen molar-refractivity contribution in [2.75, 3.05) is 25.1 Å². The maximum Gasteiger partial charge on any atom is 0.126 e. The molecule has 3 heteroatoms. The highest BCUT2D eigenvalue weighted by atomic mass is 16.5. The molecule has 0 fully saturated rings. The lowest BCUT2D eigenvalue weighted by Crippen LogP contribution is -2.25. The third-order valence-electron chi connectivity index (χ3n) is 2.72. The zero-order valence-corrected chi connectivity index (χ0v) is 11.1. The van der Waals surface area contributed by atoms with Crippen LogP contribution in [0.25, 0.3) is 0 Å². The SMILES string of the molecule is C=CCN(CC=C)c1cccc(OC)c1[C@@H](C)O. The van der Waals surface area contributed by atoms with E-state index in [9.17, 15) is 5.11 Å². The van der Waals surface area contributed by atoms with E-state index in [4.69, 9.17) is 4.74 Å². The zero-order chi connectivity index (χ0) is 13.5. The van der Waals surface area contributed by atoms with Crippen LogP contribution in [-0.4, -0.2) is 25.3 Å². The molecule has 0 heterocycles. The maximum absolute atomic E-state index is 9.94. The molecule has 0 radical (unpaired) electrons. The summed E-state index contributed by atoms with van der Waals surface area (Å²) in [5.41, 5.74) is 1.74. The summed E-state index contributed by atoms with van der Waals surface area (Å²) in [5.74, 6) is 0.695. The summed E-state index contributed by atoms with van der Waals surface area (Å²) in [4.78, 5) is 2.09. The molecule has 0 amide bonds. The van der Waals surface area contributed by atoms with Gasteiger partial charge in [0.05, 0.1) is 13.2 Å². The first kappa shape index (κ1) is 14.3. The highest BCUT2D eigenvalue weighted by Crippen LogP contribution is 2.34. The molecule has 0 aromatic heterocycles. The number of benzene rings is 1. The van der Waals surface area contributed by atoms with E-state index in [2.05, 4.69) is 18.1 Å². The standard InChI is InChI=1S/C15H21NO2/c1-5-10-16(11-6-2)13-8-7-9-14(18-4)15(13)12(3)17/h5-9,12,17H,1-2,10-11H2,3-4H3/t12-/m1/s1. The second kappa shape index (κ2) is 6.87. The number of anilines is 1. The van der Waals surface area contributed by atoms with Crippen molar-refractivity contribution in [3.63, 3.8) is 0 Å². The predicted molar refractivity (Wildman–Crippen MR) is 76.2 cm³/mol. The second-order valence-electron chi connectivity index (χ2n) is 4.05. The molecule has 98 valence electrons. The number of aliphatic hydroxyl groups excluding tert-OH is 1. The van der Waals surface area contributed by atoms with Crippen molar-refractivity contribution in [2.24, 2.45) is 0 Å². The Morgan fingerprint density at radius 3 is 2.39 bits per heavy atom. The van der Waals surface area contributed by atoms with Crippen molar-refractivity contribution in [3.05, 3.63) is 49.1 Å². The van der Waals surface area contributed by atoms with Gasteiger partial charge >= 0.3 is 0 Å². The third kappa shape index (κ3) is 3.14. The van der Waals surface area contributed by atoms with Crippen molar-refractivity contribution >= 4 is 5.69 Å². The minimum absolute atomic E-state index is 0.590. The third-order valence-corrected chi connectivity index (χ3v) is 2.72. The van der Waals surface area contributed by atoms with E-state index in [0.29, 0.717) is 18.8 Å². The van der Waals surface area contributed by atoms with E-state index >= 15 is 0 Å². The Morgan fingerprint density at radius 2 is 1.94 bits per heavy atom. The van der Waals surface area contributed by atoms with Gasteiger partial charge in [0.15, 0.2) is 0 Å². The van der Waals surface area contributed by atoms with E-state index in [1.165, 1.54) is 0 Å². The molecule has 18 heavy (non-hydrogen) atoms. The fourth-order valence-electron chi connectivity index (χ4n) is 1.99. The van der Waals surface area contributed by atoms with Crippen LogP contribution in [0.3, 0.4) is 0 Å². The molecule has 1 aromatic carbocycles. The number of nitrogens with zero attached hydrogens (tertiary/aromatic N) is 1. The molecule has 0 aliphatic rings. The molecular formula is C15H21NO2. The van der Waals surface area contributed by atoms with Gasteiger partial charge in [0.25, 0.3) is 0 Å². The van der Waals surface area contributed by atoms with Gasteiger partial charge in [-0.3, -0.25) is 0 Å². The van der Waals surface area contributed by atoms with Crippen LogP contribution < -0.4 is 9.64 Å². The van der Waals surface area contributed by atoms with Gasteiger partial charge in [-0.2, -0.15) is 0 Å². The molecule has 1 aromatic rings. The van der Waals surface area contributed by atoms with Gasteiger partial charge in [0.2, 0.25) is 0 Å². The van der Waals surface area contributed by atoms with Crippen molar-refractivity contribution in [1.29, 1.82) is 0 Å². The van der Waals surface area contributed by atoms with Crippen LogP contribution in [0.4, 0.5) is 5.69 Å². The van der Waals surface area contributed by atoms with Crippen LogP contribution in [0.2, 0.25) is 0 Å². The van der Waals surface area contributed by atoms with Gasteiger partial charge in [-0.15, -0.1) is 13.2 Å². The molecule has 0 aliphatic heterocycles. The van der Waals surface area contributed by atoms with Crippen LogP contribution in [-0.2, 0) is 0 Å². The number of ether oxygens (including phenoxy) is 1. The molecule has 0 unspecified atom stereocenters. The van der Waals surface area contributed by atoms with Crippen LogP contribution in [0.5, 0.6) is 5.75 Å². The highest BCUT2D eigenvalue weighted by molar-refractivity contribution is 5.61. The molecule has 1 N–H and O–H groups in total. The highest BCUT2D eigenvalue weighted by Gasteiger charge is 2.17. The number of rotatable bonds is 7. The fourth-order valence-corrected chi connectivity index (χ4v) is 1.99. The lowest BCUT2D eigenvalue weighted by atomic mass is 10.1. The van der Waals surface area contributed by atoms with Gasteiger partial charge in [-0.25, -0.2) is 0 Å². The van der Waals surface area contributed by atoms with E-state index in [1.807, 2.05) is 30.4 Å². The number of aliphatic hydroxyl groups is 1. The number of methoxy groups -OCH3 is 1. The van der Waals surface area contributed by atoms with Crippen LogP contribution >= 0.6 is 0 Å². The normalized spacial score (nSPS) is 11.7. The average molecular weight is 247 g/mol. The minimum atomic E-state index is -0.590. The molecule has 3 nitrogen and oxygen atoms in total. The molecule has 1 rings (SSSR count). The molecular weight excluding hydrogens is 226 g/mol. The monoisotopic (exact) mass is 247 g/mol. The van der Waals surface area contributed by atoms with Crippen LogP contribution in [0.15, 0.2) is 43.5 Å². The van der Waals surface area contributed by atoms with Crippen molar-refractivity contribution in [2.45, 2.75) is 13.0 Å². The molecule has 0 bridgehead atoms. The second-order valence-corrected chi connectivity index (χ2v) is 4.05. The van der Waals surface area contributed by atoms with Crippen molar-refractivity contribution in [3.8, 4) is 5.75 Å². The Labute approximate surface area is 109 Å². The van der Waals surface area contributed by atoms with Gasteiger partial charge < -0.3 is 14.7 Å². The first-order chi connectivity index (χ1) is 8.65.